The highest BCUT2D eigenvalue weighted by atomic mass is 35.5. The Hall–Kier alpha value is -2.30. The van der Waals surface area contributed by atoms with E-state index in [-0.39, 0.29) is 18.4 Å². The number of para-hydroxylation sites is 1. The molecule has 1 aromatic heterocycles. The summed E-state index contributed by atoms with van der Waals surface area (Å²) in [5.74, 6) is 0.760. The molecule has 27 heavy (non-hydrogen) atoms. The zero-order valence-corrected chi connectivity index (χ0v) is 17.2. The van der Waals surface area contributed by atoms with Gasteiger partial charge in [-0.25, -0.2) is 0 Å². The van der Waals surface area contributed by atoms with Crippen LogP contribution in [0.3, 0.4) is 0 Å². The van der Waals surface area contributed by atoms with E-state index in [9.17, 15) is 4.79 Å². The largest absolute Gasteiger partial charge is 0.483 e. The van der Waals surface area contributed by atoms with Gasteiger partial charge in [-0.05, 0) is 53.6 Å². The van der Waals surface area contributed by atoms with Gasteiger partial charge in [-0.1, -0.05) is 49.7 Å². The van der Waals surface area contributed by atoms with Crippen LogP contribution in [-0.2, 0) is 4.79 Å². The molecule has 1 N–H and O–H groups in total. The Balaban J connectivity index is 1.73. The number of carbonyl (C=O) groups excluding carboxylic acids is 1. The van der Waals surface area contributed by atoms with E-state index in [1.165, 1.54) is 0 Å². The highest BCUT2D eigenvalue weighted by Crippen LogP contribution is 2.33. The van der Waals surface area contributed by atoms with Crippen molar-refractivity contribution in [1.29, 1.82) is 0 Å². The number of rotatable bonds is 6. The van der Waals surface area contributed by atoms with Crippen LogP contribution in [0, 0.1) is 6.92 Å². The molecular formula is C22H22ClNO2S. The second-order valence-corrected chi connectivity index (χ2v) is 8.01. The van der Waals surface area contributed by atoms with E-state index in [2.05, 4.69) is 19.2 Å². The van der Waals surface area contributed by atoms with E-state index in [1.807, 2.05) is 60.8 Å². The number of thiophene rings is 1. The molecule has 0 aliphatic carbocycles. The van der Waals surface area contributed by atoms with Gasteiger partial charge in [0.1, 0.15) is 5.75 Å². The van der Waals surface area contributed by atoms with E-state index in [0.717, 1.165) is 27.3 Å². The van der Waals surface area contributed by atoms with Gasteiger partial charge in [-0.3, -0.25) is 4.79 Å². The summed E-state index contributed by atoms with van der Waals surface area (Å²) in [4.78, 5) is 13.6. The summed E-state index contributed by atoms with van der Waals surface area (Å²) < 4.78 is 5.83. The molecule has 0 aliphatic rings. The van der Waals surface area contributed by atoms with Crippen LogP contribution < -0.4 is 10.1 Å². The van der Waals surface area contributed by atoms with Crippen molar-refractivity contribution in [1.82, 2.24) is 0 Å². The highest BCUT2D eigenvalue weighted by Gasteiger charge is 2.14. The predicted molar refractivity (Wildman–Crippen MR) is 114 cm³/mol. The molecule has 5 heteroatoms. The lowest BCUT2D eigenvalue weighted by atomic mass is 10.0. The molecule has 0 saturated carbocycles. The van der Waals surface area contributed by atoms with Crippen LogP contribution in [0.2, 0.25) is 5.02 Å². The highest BCUT2D eigenvalue weighted by molar-refractivity contribution is 7.13. The molecule has 0 aliphatic heterocycles. The zero-order valence-electron chi connectivity index (χ0n) is 15.6. The van der Waals surface area contributed by atoms with Crippen molar-refractivity contribution in [3.63, 3.8) is 0 Å². The Morgan fingerprint density at radius 3 is 2.67 bits per heavy atom. The molecule has 3 aromatic rings. The van der Waals surface area contributed by atoms with Gasteiger partial charge in [-0.15, -0.1) is 11.3 Å². The third-order valence-corrected chi connectivity index (χ3v) is 5.57. The molecule has 2 aromatic carbocycles. The Bertz CT molecular complexity index is 935. The average molecular weight is 400 g/mol. The molecule has 1 heterocycles. The molecule has 0 bridgehead atoms. The van der Waals surface area contributed by atoms with E-state index >= 15 is 0 Å². The number of anilines is 1. The van der Waals surface area contributed by atoms with E-state index in [0.29, 0.717) is 10.8 Å². The fourth-order valence-electron chi connectivity index (χ4n) is 2.81. The number of nitrogens with one attached hydrogen (secondary N) is 1. The molecule has 140 valence electrons. The van der Waals surface area contributed by atoms with Crippen molar-refractivity contribution in [2.75, 3.05) is 11.9 Å². The SMILES string of the molecule is Cc1cc(OCC(=O)Nc2ccccc2-c2cccs2)c(C(C)C)cc1Cl. The molecule has 0 atom stereocenters. The third kappa shape index (κ3) is 4.71. The lowest BCUT2D eigenvalue weighted by Crippen LogP contribution is -2.21. The number of aryl methyl sites for hydroxylation is 1. The Labute approximate surface area is 169 Å². The maximum atomic E-state index is 12.5. The molecule has 1 amide bonds. The molecule has 0 saturated heterocycles. The average Bonchev–Trinajstić information content (AvgIpc) is 3.17. The summed E-state index contributed by atoms with van der Waals surface area (Å²) in [5.41, 5.74) is 3.72. The second kappa shape index (κ2) is 8.59. The smallest absolute Gasteiger partial charge is 0.262 e. The monoisotopic (exact) mass is 399 g/mol. The van der Waals surface area contributed by atoms with Gasteiger partial charge in [0.25, 0.3) is 5.91 Å². The first-order chi connectivity index (χ1) is 13.0. The Morgan fingerprint density at radius 1 is 1.19 bits per heavy atom. The van der Waals surface area contributed by atoms with Crippen molar-refractivity contribution < 1.29 is 9.53 Å². The van der Waals surface area contributed by atoms with Crippen LogP contribution in [0.4, 0.5) is 5.69 Å². The van der Waals surface area contributed by atoms with Crippen molar-refractivity contribution in [2.45, 2.75) is 26.7 Å². The number of hydrogen-bond acceptors (Lipinski definition) is 3. The molecule has 0 unspecified atom stereocenters. The first-order valence-corrected chi connectivity index (χ1v) is 10.1. The van der Waals surface area contributed by atoms with Crippen molar-refractivity contribution in [3.8, 4) is 16.2 Å². The summed E-state index contributed by atoms with van der Waals surface area (Å²) in [5, 5.41) is 5.69. The lowest BCUT2D eigenvalue weighted by molar-refractivity contribution is -0.118. The number of hydrogen-bond donors (Lipinski definition) is 1. The lowest BCUT2D eigenvalue weighted by Gasteiger charge is -2.16. The van der Waals surface area contributed by atoms with Crippen molar-refractivity contribution >= 4 is 34.5 Å². The predicted octanol–water partition coefficient (Wildman–Crippen LogP) is 6.52. The molecular weight excluding hydrogens is 378 g/mol. The van der Waals surface area contributed by atoms with Crippen LogP contribution in [-0.4, -0.2) is 12.5 Å². The van der Waals surface area contributed by atoms with Gasteiger partial charge < -0.3 is 10.1 Å². The normalized spacial score (nSPS) is 10.9. The van der Waals surface area contributed by atoms with Crippen LogP contribution in [0.15, 0.2) is 53.9 Å². The van der Waals surface area contributed by atoms with Crippen LogP contribution in [0.5, 0.6) is 5.75 Å². The van der Waals surface area contributed by atoms with Crippen molar-refractivity contribution in [3.05, 3.63) is 70.1 Å². The fraction of sp³-hybridized carbons (Fsp3) is 0.227. The van der Waals surface area contributed by atoms with Gasteiger partial charge in [-0.2, -0.15) is 0 Å². The summed E-state index contributed by atoms with van der Waals surface area (Å²) in [6, 6.07) is 15.6. The third-order valence-electron chi connectivity index (χ3n) is 4.26. The van der Waals surface area contributed by atoms with Gasteiger partial charge >= 0.3 is 0 Å². The molecule has 0 fully saturated rings. The quantitative estimate of drug-likeness (QED) is 0.512. The number of halogens is 1. The topological polar surface area (TPSA) is 38.3 Å². The van der Waals surface area contributed by atoms with Gasteiger partial charge in [0.05, 0.1) is 0 Å². The number of ether oxygens (including phenoxy) is 1. The van der Waals surface area contributed by atoms with Gasteiger partial charge in [0.15, 0.2) is 6.61 Å². The molecule has 3 rings (SSSR count). The van der Waals surface area contributed by atoms with Crippen LogP contribution >= 0.6 is 22.9 Å². The zero-order chi connectivity index (χ0) is 19.4. The standard InChI is InChI=1S/C22H22ClNO2S/c1-14(2)17-12-18(23)15(3)11-20(17)26-13-22(25)24-19-8-5-4-7-16(19)21-9-6-10-27-21/h4-12,14H,13H2,1-3H3,(H,24,25). The first-order valence-electron chi connectivity index (χ1n) is 8.81. The molecule has 3 nitrogen and oxygen atoms in total. The number of amides is 1. The minimum Gasteiger partial charge on any atom is -0.483 e. The first kappa shape index (κ1) is 19.5. The van der Waals surface area contributed by atoms with E-state index in [4.69, 9.17) is 16.3 Å². The fourth-order valence-corrected chi connectivity index (χ4v) is 3.75. The summed E-state index contributed by atoms with van der Waals surface area (Å²) >= 11 is 7.87. The molecule has 0 spiro atoms. The maximum absolute atomic E-state index is 12.5. The van der Waals surface area contributed by atoms with Crippen molar-refractivity contribution in [2.24, 2.45) is 0 Å². The maximum Gasteiger partial charge on any atom is 0.262 e. The van der Waals surface area contributed by atoms with Crippen LogP contribution in [0.1, 0.15) is 30.9 Å². The second-order valence-electron chi connectivity index (χ2n) is 6.65. The Kier molecular flexibility index (Phi) is 6.19. The number of carbonyl (C=O) groups is 1. The van der Waals surface area contributed by atoms with Gasteiger partial charge in [0.2, 0.25) is 0 Å². The Morgan fingerprint density at radius 2 is 1.96 bits per heavy atom. The van der Waals surface area contributed by atoms with Crippen LogP contribution in [0.25, 0.3) is 10.4 Å². The van der Waals surface area contributed by atoms with Gasteiger partial charge in [0, 0.05) is 21.2 Å². The van der Waals surface area contributed by atoms with E-state index in [1.54, 1.807) is 11.3 Å². The molecule has 0 radical (unpaired) electrons. The van der Waals surface area contributed by atoms with E-state index < -0.39 is 0 Å². The minimum absolute atomic E-state index is 0.0560. The summed E-state index contributed by atoms with van der Waals surface area (Å²) in [6.45, 7) is 6.02. The number of benzene rings is 2. The summed E-state index contributed by atoms with van der Waals surface area (Å²) in [7, 11) is 0. The summed E-state index contributed by atoms with van der Waals surface area (Å²) in [6.07, 6.45) is 0. The minimum atomic E-state index is -0.193.